The quantitative estimate of drug-likeness (QED) is 0.948. The van der Waals surface area contributed by atoms with E-state index in [0.717, 1.165) is 30.1 Å². The molecule has 1 amide bonds. The molecular formula is C14H17N3OS2. The lowest BCUT2D eigenvalue weighted by atomic mass is 9.90. The first-order chi connectivity index (χ1) is 9.61. The van der Waals surface area contributed by atoms with E-state index in [9.17, 15) is 4.79 Å². The van der Waals surface area contributed by atoms with E-state index in [4.69, 9.17) is 5.73 Å². The fraction of sp³-hybridized carbons (Fsp3) is 0.429. The number of carbonyl (C=O) groups is 1. The van der Waals surface area contributed by atoms with Gasteiger partial charge in [-0.25, -0.2) is 4.98 Å². The van der Waals surface area contributed by atoms with Crippen molar-refractivity contribution in [1.29, 1.82) is 0 Å². The molecule has 0 bridgehead atoms. The van der Waals surface area contributed by atoms with Crippen molar-refractivity contribution < 1.29 is 4.79 Å². The maximum Gasteiger partial charge on any atom is 0.265 e. The number of thiophene rings is 1. The van der Waals surface area contributed by atoms with Crippen molar-refractivity contribution in [3.63, 3.8) is 0 Å². The summed E-state index contributed by atoms with van der Waals surface area (Å²) in [4.78, 5) is 19.5. The van der Waals surface area contributed by atoms with Crippen LogP contribution in [0.25, 0.3) is 10.6 Å². The highest BCUT2D eigenvalue weighted by atomic mass is 32.1. The van der Waals surface area contributed by atoms with Gasteiger partial charge in [0.1, 0.15) is 9.88 Å². The number of carbonyl (C=O) groups excluding carboxylic acids is 1. The Morgan fingerprint density at radius 1 is 1.60 bits per heavy atom. The van der Waals surface area contributed by atoms with Crippen molar-refractivity contribution in [2.75, 3.05) is 19.6 Å². The molecule has 3 heterocycles. The van der Waals surface area contributed by atoms with Gasteiger partial charge in [0.15, 0.2) is 0 Å². The van der Waals surface area contributed by atoms with Crippen molar-refractivity contribution >= 4 is 28.6 Å². The van der Waals surface area contributed by atoms with E-state index >= 15 is 0 Å². The number of hydrogen-bond donors (Lipinski definition) is 1. The zero-order valence-electron chi connectivity index (χ0n) is 11.3. The maximum absolute atomic E-state index is 12.5. The summed E-state index contributed by atoms with van der Waals surface area (Å²) >= 11 is 3.10. The number of nitrogens with zero attached hydrogens (tertiary/aromatic N) is 2. The van der Waals surface area contributed by atoms with Gasteiger partial charge in [0.05, 0.1) is 6.20 Å². The van der Waals surface area contributed by atoms with E-state index in [2.05, 4.69) is 17.3 Å². The molecule has 2 aromatic heterocycles. The van der Waals surface area contributed by atoms with E-state index < -0.39 is 0 Å². The summed E-state index contributed by atoms with van der Waals surface area (Å²) in [5, 5.41) is 4.98. The molecule has 1 saturated heterocycles. The molecule has 2 aromatic rings. The Balaban J connectivity index is 1.76. The van der Waals surface area contributed by atoms with Crippen molar-refractivity contribution in [2.24, 2.45) is 11.1 Å². The van der Waals surface area contributed by atoms with E-state index in [1.54, 1.807) is 17.5 Å². The van der Waals surface area contributed by atoms with E-state index in [-0.39, 0.29) is 11.3 Å². The average molecular weight is 307 g/mol. The highest BCUT2D eigenvalue weighted by molar-refractivity contribution is 7.17. The smallest absolute Gasteiger partial charge is 0.265 e. The highest BCUT2D eigenvalue weighted by Gasteiger charge is 2.35. The molecule has 2 N–H and O–H groups in total. The summed E-state index contributed by atoms with van der Waals surface area (Å²) in [5.74, 6) is 0.0844. The third-order valence-electron chi connectivity index (χ3n) is 3.82. The number of aromatic nitrogens is 1. The molecule has 0 aromatic carbocycles. The fourth-order valence-electron chi connectivity index (χ4n) is 2.41. The molecule has 4 nitrogen and oxygen atoms in total. The molecule has 0 aliphatic carbocycles. The Morgan fingerprint density at radius 2 is 2.45 bits per heavy atom. The zero-order valence-corrected chi connectivity index (χ0v) is 13.0. The molecule has 0 radical (unpaired) electrons. The molecule has 3 rings (SSSR count). The number of likely N-dealkylation sites (tertiary alicyclic amines) is 1. The average Bonchev–Trinajstić information content (AvgIpc) is 3.18. The van der Waals surface area contributed by atoms with E-state index in [1.165, 1.54) is 11.3 Å². The summed E-state index contributed by atoms with van der Waals surface area (Å²) in [5.41, 5.74) is 6.95. The Kier molecular flexibility index (Phi) is 3.62. The second kappa shape index (κ2) is 5.27. The van der Waals surface area contributed by atoms with Crippen LogP contribution in [-0.4, -0.2) is 35.4 Å². The molecule has 1 atom stereocenters. The minimum Gasteiger partial charge on any atom is -0.337 e. The van der Waals surface area contributed by atoms with Crippen LogP contribution in [0.5, 0.6) is 0 Å². The molecule has 1 aliphatic heterocycles. The van der Waals surface area contributed by atoms with Crippen molar-refractivity contribution in [1.82, 2.24) is 9.88 Å². The normalized spacial score (nSPS) is 22.4. The monoisotopic (exact) mass is 307 g/mol. The zero-order chi connectivity index (χ0) is 14.2. The lowest BCUT2D eigenvalue weighted by Crippen LogP contribution is -2.34. The standard InChI is InChI=1S/C14H17N3OS2/c1-14(8-15)3-4-17(9-14)13(18)11-6-16-12(20-11)10-2-5-19-7-10/h2,5-7H,3-4,8-9,15H2,1H3. The molecule has 1 aliphatic rings. The van der Waals surface area contributed by atoms with Crippen LogP contribution in [0.3, 0.4) is 0 Å². The first-order valence-electron chi connectivity index (χ1n) is 6.59. The summed E-state index contributed by atoms with van der Waals surface area (Å²) in [6.07, 6.45) is 2.67. The second-order valence-electron chi connectivity index (χ2n) is 5.53. The topological polar surface area (TPSA) is 59.2 Å². The van der Waals surface area contributed by atoms with E-state index in [1.807, 2.05) is 16.3 Å². The number of amides is 1. The van der Waals surface area contributed by atoms with Crippen LogP contribution >= 0.6 is 22.7 Å². The van der Waals surface area contributed by atoms with Gasteiger partial charge in [0.25, 0.3) is 5.91 Å². The molecule has 6 heteroatoms. The summed E-state index contributed by atoms with van der Waals surface area (Å²) < 4.78 is 0. The van der Waals surface area contributed by atoms with Gasteiger partial charge in [-0.15, -0.1) is 11.3 Å². The van der Waals surface area contributed by atoms with Crippen LogP contribution in [0, 0.1) is 5.41 Å². The third-order valence-corrected chi connectivity index (χ3v) is 5.54. The Labute approximate surface area is 126 Å². The maximum atomic E-state index is 12.5. The Hall–Kier alpha value is -1.24. The van der Waals surface area contributed by atoms with Gasteiger partial charge in [0.2, 0.25) is 0 Å². The van der Waals surface area contributed by atoms with Crippen LogP contribution < -0.4 is 5.73 Å². The molecule has 20 heavy (non-hydrogen) atoms. The minimum atomic E-state index is 0.0660. The van der Waals surface area contributed by atoms with Crippen LogP contribution in [-0.2, 0) is 0 Å². The number of thiazole rings is 1. The van der Waals surface area contributed by atoms with Crippen molar-refractivity contribution in [3.8, 4) is 10.6 Å². The van der Waals surface area contributed by atoms with Gasteiger partial charge in [0, 0.05) is 24.0 Å². The first kappa shape index (κ1) is 13.7. The Morgan fingerprint density at radius 3 is 3.10 bits per heavy atom. The predicted octanol–water partition coefficient (Wildman–Crippen LogP) is 2.68. The molecule has 0 spiro atoms. The summed E-state index contributed by atoms with van der Waals surface area (Å²) in [6, 6.07) is 2.03. The molecular weight excluding hydrogens is 290 g/mol. The summed E-state index contributed by atoms with van der Waals surface area (Å²) in [6.45, 7) is 4.30. The van der Waals surface area contributed by atoms with Gasteiger partial charge in [-0.3, -0.25) is 4.79 Å². The molecule has 1 fully saturated rings. The van der Waals surface area contributed by atoms with Crippen LogP contribution in [0.4, 0.5) is 0 Å². The predicted molar refractivity (Wildman–Crippen MR) is 83.1 cm³/mol. The molecule has 0 saturated carbocycles. The lowest BCUT2D eigenvalue weighted by molar-refractivity contribution is 0.0781. The van der Waals surface area contributed by atoms with E-state index in [0.29, 0.717) is 11.4 Å². The van der Waals surface area contributed by atoms with Crippen LogP contribution in [0.15, 0.2) is 23.0 Å². The first-order valence-corrected chi connectivity index (χ1v) is 8.35. The molecule has 106 valence electrons. The van der Waals surface area contributed by atoms with Gasteiger partial charge in [-0.05, 0) is 29.8 Å². The summed E-state index contributed by atoms with van der Waals surface area (Å²) in [7, 11) is 0. The number of nitrogens with two attached hydrogens (primary N) is 1. The van der Waals surface area contributed by atoms with Crippen molar-refractivity contribution in [3.05, 3.63) is 27.9 Å². The van der Waals surface area contributed by atoms with Crippen LogP contribution in [0.2, 0.25) is 0 Å². The van der Waals surface area contributed by atoms with Gasteiger partial charge >= 0.3 is 0 Å². The number of rotatable bonds is 3. The van der Waals surface area contributed by atoms with Crippen LogP contribution in [0.1, 0.15) is 23.0 Å². The fourth-order valence-corrected chi connectivity index (χ4v) is 4.01. The highest BCUT2D eigenvalue weighted by Crippen LogP contribution is 2.32. The molecule has 1 unspecified atom stereocenters. The largest absolute Gasteiger partial charge is 0.337 e. The SMILES string of the molecule is CC1(CN)CCN(C(=O)c2cnc(-c3ccsc3)s2)C1. The van der Waals surface area contributed by atoms with Gasteiger partial charge in [-0.2, -0.15) is 11.3 Å². The van der Waals surface area contributed by atoms with Gasteiger partial charge < -0.3 is 10.6 Å². The number of hydrogen-bond acceptors (Lipinski definition) is 5. The lowest BCUT2D eigenvalue weighted by Gasteiger charge is -2.22. The van der Waals surface area contributed by atoms with Gasteiger partial charge in [-0.1, -0.05) is 6.92 Å². The Bertz CT molecular complexity index is 608. The second-order valence-corrected chi connectivity index (χ2v) is 7.34. The minimum absolute atomic E-state index is 0.0660. The third kappa shape index (κ3) is 2.51. The van der Waals surface area contributed by atoms with Crippen molar-refractivity contribution in [2.45, 2.75) is 13.3 Å².